The number of rotatable bonds is 6. The predicted molar refractivity (Wildman–Crippen MR) is 118 cm³/mol. The second-order valence-corrected chi connectivity index (χ2v) is 9.35. The van der Waals surface area contributed by atoms with Crippen molar-refractivity contribution in [2.75, 3.05) is 18.4 Å². The number of piperidine rings is 1. The molecule has 1 saturated heterocycles. The molecule has 0 bridgehead atoms. The first-order chi connectivity index (χ1) is 15.3. The van der Waals surface area contributed by atoms with E-state index in [1.807, 2.05) is 0 Å². The largest absolute Gasteiger partial charge is 0.451 e. The maximum Gasteiger partial charge on any atom is 0.291 e. The zero-order valence-electron chi connectivity index (χ0n) is 17.1. The fraction of sp³-hybridized carbons (Fsp3) is 0.227. The van der Waals surface area contributed by atoms with E-state index < -0.39 is 20.9 Å². The molecule has 0 spiro atoms. The van der Waals surface area contributed by atoms with E-state index in [0.717, 1.165) is 19.3 Å². The second kappa shape index (κ2) is 8.93. The number of sulfonamides is 1. The summed E-state index contributed by atoms with van der Waals surface area (Å²) in [6, 6.07) is 15.0. The Kier molecular flexibility index (Phi) is 6.06. The third kappa shape index (κ3) is 4.56. The standard InChI is InChI=1S/C22H21N3O6S/c26-22(21-12-11-20(31-21)16-7-9-18(10-8-16)25(27)28)23-17-5-4-6-19(15-17)32(29,30)24-13-2-1-3-14-24/h4-12,15H,1-3,13-14H2,(H,23,26). The summed E-state index contributed by atoms with van der Waals surface area (Å²) in [7, 11) is -3.62. The highest BCUT2D eigenvalue weighted by Gasteiger charge is 2.26. The van der Waals surface area contributed by atoms with Crippen molar-refractivity contribution in [2.45, 2.75) is 24.2 Å². The van der Waals surface area contributed by atoms with Gasteiger partial charge in [0.1, 0.15) is 5.76 Å². The van der Waals surface area contributed by atoms with Gasteiger partial charge in [-0.05, 0) is 55.3 Å². The van der Waals surface area contributed by atoms with E-state index in [2.05, 4.69) is 5.32 Å². The molecule has 1 aliphatic heterocycles. The number of benzene rings is 2. The average Bonchev–Trinajstić information content (AvgIpc) is 3.30. The Labute approximate surface area is 184 Å². The maximum absolute atomic E-state index is 12.9. The van der Waals surface area contributed by atoms with E-state index in [1.165, 1.54) is 46.8 Å². The number of non-ortho nitro benzene ring substituents is 1. The summed E-state index contributed by atoms with van der Waals surface area (Å²) in [6.45, 7) is 0.994. The lowest BCUT2D eigenvalue weighted by atomic mass is 10.1. The average molecular weight is 455 g/mol. The van der Waals surface area contributed by atoms with Crippen molar-refractivity contribution in [3.8, 4) is 11.3 Å². The van der Waals surface area contributed by atoms with Crippen LogP contribution in [0.1, 0.15) is 29.8 Å². The number of anilines is 1. The molecular weight excluding hydrogens is 434 g/mol. The summed E-state index contributed by atoms with van der Waals surface area (Å²) in [5, 5.41) is 13.4. The maximum atomic E-state index is 12.9. The molecule has 0 aliphatic carbocycles. The van der Waals surface area contributed by atoms with Gasteiger partial charge in [-0.15, -0.1) is 0 Å². The molecule has 1 fully saturated rings. The van der Waals surface area contributed by atoms with Crippen molar-refractivity contribution >= 4 is 27.3 Å². The van der Waals surface area contributed by atoms with Gasteiger partial charge in [0, 0.05) is 36.5 Å². The Morgan fingerprint density at radius 1 is 1.00 bits per heavy atom. The molecule has 1 N–H and O–H groups in total. The Balaban J connectivity index is 1.49. The molecule has 3 aromatic rings. The van der Waals surface area contributed by atoms with Crippen LogP contribution in [0, 0.1) is 10.1 Å². The van der Waals surface area contributed by atoms with E-state index in [9.17, 15) is 23.3 Å². The van der Waals surface area contributed by atoms with Crippen LogP contribution in [0.2, 0.25) is 0 Å². The Hall–Kier alpha value is -3.50. The van der Waals surface area contributed by atoms with Gasteiger partial charge in [-0.3, -0.25) is 14.9 Å². The van der Waals surface area contributed by atoms with Gasteiger partial charge >= 0.3 is 0 Å². The molecule has 2 heterocycles. The number of carbonyl (C=O) groups excluding carboxylic acids is 1. The van der Waals surface area contributed by atoms with E-state index in [0.29, 0.717) is 30.1 Å². The zero-order valence-corrected chi connectivity index (χ0v) is 17.9. The molecule has 1 aromatic heterocycles. The number of nitrogens with zero attached hydrogens (tertiary/aromatic N) is 2. The number of carbonyl (C=O) groups is 1. The summed E-state index contributed by atoms with van der Waals surface area (Å²) in [6.07, 6.45) is 2.70. The van der Waals surface area contributed by atoms with E-state index in [4.69, 9.17) is 4.42 Å². The molecule has 0 atom stereocenters. The minimum absolute atomic E-state index is 0.0302. The van der Waals surface area contributed by atoms with Gasteiger partial charge in [-0.25, -0.2) is 8.42 Å². The van der Waals surface area contributed by atoms with Gasteiger partial charge in [-0.1, -0.05) is 12.5 Å². The number of nitrogens with one attached hydrogen (secondary N) is 1. The summed E-state index contributed by atoms with van der Waals surface area (Å²) >= 11 is 0. The van der Waals surface area contributed by atoms with Crippen molar-refractivity contribution in [1.29, 1.82) is 0 Å². The molecule has 0 radical (unpaired) electrons. The predicted octanol–water partition coefficient (Wildman–Crippen LogP) is 4.28. The number of nitro groups is 1. The van der Waals surface area contributed by atoms with Crippen LogP contribution in [0.5, 0.6) is 0 Å². The minimum atomic E-state index is -3.62. The SMILES string of the molecule is O=C(Nc1cccc(S(=O)(=O)N2CCCCC2)c1)c1ccc(-c2ccc([N+](=O)[O-])cc2)o1. The van der Waals surface area contributed by atoms with E-state index in [-0.39, 0.29) is 16.3 Å². The molecule has 4 rings (SSSR count). The highest BCUT2D eigenvalue weighted by Crippen LogP contribution is 2.26. The number of hydrogen-bond donors (Lipinski definition) is 1. The first kappa shape index (κ1) is 21.7. The molecule has 1 amide bonds. The molecule has 0 saturated carbocycles. The Morgan fingerprint density at radius 2 is 1.72 bits per heavy atom. The van der Waals surface area contributed by atoms with Crippen LogP contribution in [-0.4, -0.2) is 36.6 Å². The van der Waals surface area contributed by atoms with Gasteiger partial charge in [0.15, 0.2) is 5.76 Å². The summed E-state index contributed by atoms with van der Waals surface area (Å²) in [5.74, 6) is -0.125. The Bertz CT molecular complexity index is 1240. The molecule has 0 unspecified atom stereocenters. The van der Waals surface area contributed by atoms with Crippen LogP contribution >= 0.6 is 0 Å². The van der Waals surface area contributed by atoms with Gasteiger partial charge < -0.3 is 9.73 Å². The van der Waals surface area contributed by atoms with Gasteiger partial charge in [0.05, 0.1) is 9.82 Å². The monoisotopic (exact) mass is 455 g/mol. The second-order valence-electron chi connectivity index (χ2n) is 7.41. The van der Waals surface area contributed by atoms with Crippen molar-refractivity contribution in [3.05, 3.63) is 76.5 Å². The lowest BCUT2D eigenvalue weighted by Crippen LogP contribution is -2.35. The van der Waals surface area contributed by atoms with Crippen LogP contribution in [0.15, 0.2) is 70.0 Å². The number of hydrogen-bond acceptors (Lipinski definition) is 6. The van der Waals surface area contributed by atoms with Crippen molar-refractivity contribution in [1.82, 2.24) is 4.31 Å². The van der Waals surface area contributed by atoms with E-state index in [1.54, 1.807) is 18.2 Å². The van der Waals surface area contributed by atoms with Gasteiger partial charge in [-0.2, -0.15) is 4.31 Å². The number of furan rings is 1. The quantitative estimate of drug-likeness (QED) is 0.437. The highest BCUT2D eigenvalue weighted by atomic mass is 32.2. The first-order valence-electron chi connectivity index (χ1n) is 10.1. The molecular formula is C22H21N3O6S. The fourth-order valence-corrected chi connectivity index (χ4v) is 5.11. The van der Waals surface area contributed by atoms with Crippen LogP contribution in [-0.2, 0) is 10.0 Å². The van der Waals surface area contributed by atoms with Crippen LogP contribution < -0.4 is 5.32 Å². The molecule has 2 aromatic carbocycles. The van der Waals surface area contributed by atoms with Gasteiger partial charge in [0.25, 0.3) is 11.6 Å². The van der Waals surface area contributed by atoms with Crippen molar-refractivity contribution in [2.24, 2.45) is 0 Å². The summed E-state index contributed by atoms with van der Waals surface area (Å²) in [5.41, 5.74) is 0.878. The van der Waals surface area contributed by atoms with Gasteiger partial charge in [0.2, 0.25) is 10.0 Å². The highest BCUT2D eigenvalue weighted by molar-refractivity contribution is 7.89. The van der Waals surface area contributed by atoms with Crippen LogP contribution in [0.25, 0.3) is 11.3 Å². The van der Waals surface area contributed by atoms with Crippen molar-refractivity contribution in [3.63, 3.8) is 0 Å². The minimum Gasteiger partial charge on any atom is -0.451 e. The third-order valence-corrected chi connectivity index (χ3v) is 7.13. The summed E-state index contributed by atoms with van der Waals surface area (Å²) in [4.78, 5) is 23.0. The van der Waals surface area contributed by atoms with Crippen molar-refractivity contribution < 1.29 is 22.6 Å². The number of nitro benzene ring substituents is 1. The normalized spacial score (nSPS) is 14.8. The fourth-order valence-electron chi connectivity index (χ4n) is 3.54. The first-order valence-corrected chi connectivity index (χ1v) is 11.5. The molecule has 1 aliphatic rings. The molecule has 10 heteroatoms. The lowest BCUT2D eigenvalue weighted by molar-refractivity contribution is -0.384. The lowest BCUT2D eigenvalue weighted by Gasteiger charge is -2.26. The third-order valence-electron chi connectivity index (χ3n) is 5.24. The van der Waals surface area contributed by atoms with Crippen LogP contribution in [0.4, 0.5) is 11.4 Å². The topological polar surface area (TPSA) is 123 Å². The molecule has 166 valence electrons. The van der Waals surface area contributed by atoms with E-state index >= 15 is 0 Å². The smallest absolute Gasteiger partial charge is 0.291 e. The summed E-state index contributed by atoms with van der Waals surface area (Å²) < 4.78 is 32.8. The Morgan fingerprint density at radius 3 is 2.41 bits per heavy atom. The molecule has 9 nitrogen and oxygen atoms in total. The van der Waals surface area contributed by atoms with Crippen LogP contribution in [0.3, 0.4) is 0 Å². The zero-order chi connectivity index (χ0) is 22.7. The molecule has 32 heavy (non-hydrogen) atoms. The number of amides is 1.